The molecule has 0 saturated heterocycles. The van der Waals surface area contributed by atoms with E-state index >= 15 is 0 Å². The Hall–Kier alpha value is -0.790. The molecule has 0 amide bonds. The van der Waals surface area contributed by atoms with Gasteiger partial charge in [-0.15, -0.1) is 0 Å². The fourth-order valence-corrected chi connectivity index (χ4v) is 1.85. The van der Waals surface area contributed by atoms with Crippen molar-refractivity contribution in [2.45, 2.75) is 48.0 Å². The number of esters is 1. The smallest absolute Gasteiger partial charge is 0.333 e. The van der Waals surface area contributed by atoms with E-state index in [0.29, 0.717) is 35.9 Å². The zero-order valence-corrected chi connectivity index (χ0v) is 12.2. The van der Waals surface area contributed by atoms with E-state index in [1.54, 1.807) is 6.92 Å². The average molecular weight is 240 g/mol. The summed E-state index contributed by atoms with van der Waals surface area (Å²) in [4.78, 5) is 11.2. The first-order chi connectivity index (χ1) is 7.77. The van der Waals surface area contributed by atoms with Gasteiger partial charge in [0.1, 0.15) is 0 Å². The standard InChI is InChI=1S/C15H28O2/c1-10(2)13(6)14(7)12(5)8-9-17-15(16)11(3)4/h10,12-14H,3,8-9H2,1-2,4-7H3. The molecule has 3 unspecified atom stereocenters. The third kappa shape index (κ3) is 5.90. The van der Waals surface area contributed by atoms with Crippen LogP contribution >= 0.6 is 0 Å². The van der Waals surface area contributed by atoms with E-state index in [1.807, 2.05) is 0 Å². The predicted molar refractivity (Wildman–Crippen MR) is 72.7 cm³/mol. The maximum absolute atomic E-state index is 11.2. The minimum Gasteiger partial charge on any atom is -0.462 e. The van der Waals surface area contributed by atoms with E-state index < -0.39 is 0 Å². The molecular formula is C15H28O2. The van der Waals surface area contributed by atoms with Gasteiger partial charge in [-0.25, -0.2) is 4.79 Å². The van der Waals surface area contributed by atoms with Gasteiger partial charge in [0.05, 0.1) is 6.61 Å². The van der Waals surface area contributed by atoms with Crippen LogP contribution in [0.4, 0.5) is 0 Å². The molecule has 0 aromatic carbocycles. The van der Waals surface area contributed by atoms with E-state index in [9.17, 15) is 4.79 Å². The summed E-state index contributed by atoms with van der Waals surface area (Å²) in [5.41, 5.74) is 0.473. The first-order valence-electron chi connectivity index (χ1n) is 6.60. The highest BCUT2D eigenvalue weighted by Crippen LogP contribution is 2.28. The highest BCUT2D eigenvalue weighted by atomic mass is 16.5. The third-order valence-electron chi connectivity index (χ3n) is 3.93. The number of ether oxygens (including phenoxy) is 1. The van der Waals surface area contributed by atoms with Crippen LogP contribution < -0.4 is 0 Å². The first-order valence-corrected chi connectivity index (χ1v) is 6.60. The molecule has 0 heterocycles. The lowest BCUT2D eigenvalue weighted by Crippen LogP contribution is -2.22. The molecule has 100 valence electrons. The van der Waals surface area contributed by atoms with Crippen LogP contribution in [0.5, 0.6) is 0 Å². The molecule has 0 aromatic rings. The number of rotatable bonds is 7. The Kier molecular flexibility index (Phi) is 7.17. The monoisotopic (exact) mass is 240 g/mol. The van der Waals surface area contributed by atoms with Crippen LogP contribution in [0.3, 0.4) is 0 Å². The van der Waals surface area contributed by atoms with Gasteiger partial charge < -0.3 is 4.74 Å². The molecule has 3 atom stereocenters. The minimum absolute atomic E-state index is 0.276. The van der Waals surface area contributed by atoms with E-state index in [0.717, 1.165) is 6.42 Å². The second-order valence-corrected chi connectivity index (χ2v) is 5.64. The number of carbonyl (C=O) groups is 1. The topological polar surface area (TPSA) is 26.3 Å². The second kappa shape index (κ2) is 7.52. The summed E-state index contributed by atoms with van der Waals surface area (Å²) in [6.45, 7) is 17.1. The Bertz CT molecular complexity index is 256. The van der Waals surface area contributed by atoms with Gasteiger partial charge in [0.25, 0.3) is 0 Å². The zero-order valence-electron chi connectivity index (χ0n) is 12.2. The van der Waals surface area contributed by atoms with Gasteiger partial charge in [0.2, 0.25) is 0 Å². The molecule has 0 aliphatic rings. The van der Waals surface area contributed by atoms with Crippen molar-refractivity contribution in [2.24, 2.45) is 23.7 Å². The van der Waals surface area contributed by atoms with E-state index in [1.165, 1.54) is 0 Å². The maximum Gasteiger partial charge on any atom is 0.333 e. The van der Waals surface area contributed by atoms with E-state index in [2.05, 4.69) is 41.2 Å². The molecule has 0 aromatic heterocycles. The van der Waals surface area contributed by atoms with Crippen molar-refractivity contribution in [3.63, 3.8) is 0 Å². The maximum atomic E-state index is 11.2. The summed E-state index contributed by atoms with van der Waals surface area (Å²) in [5.74, 6) is 2.35. The Morgan fingerprint density at radius 2 is 1.65 bits per heavy atom. The second-order valence-electron chi connectivity index (χ2n) is 5.64. The molecular weight excluding hydrogens is 212 g/mol. The molecule has 17 heavy (non-hydrogen) atoms. The molecule has 2 heteroatoms. The Labute approximate surface area is 106 Å². The van der Waals surface area contributed by atoms with Crippen LogP contribution in [-0.2, 0) is 9.53 Å². The molecule has 0 aliphatic heterocycles. The molecule has 0 spiro atoms. The van der Waals surface area contributed by atoms with Crippen LogP contribution in [0, 0.1) is 23.7 Å². The third-order valence-corrected chi connectivity index (χ3v) is 3.93. The highest BCUT2D eigenvalue weighted by molar-refractivity contribution is 5.86. The Morgan fingerprint density at radius 1 is 1.12 bits per heavy atom. The van der Waals surface area contributed by atoms with Gasteiger partial charge in [-0.2, -0.15) is 0 Å². The molecule has 2 nitrogen and oxygen atoms in total. The summed E-state index contributed by atoms with van der Waals surface area (Å²) < 4.78 is 5.13. The van der Waals surface area contributed by atoms with Crippen LogP contribution in [-0.4, -0.2) is 12.6 Å². The largest absolute Gasteiger partial charge is 0.462 e. The average Bonchev–Trinajstić information content (AvgIpc) is 2.26. The number of hydrogen-bond acceptors (Lipinski definition) is 2. The molecule has 0 aliphatic carbocycles. The minimum atomic E-state index is -0.276. The van der Waals surface area contributed by atoms with Crippen molar-refractivity contribution >= 4 is 5.97 Å². The van der Waals surface area contributed by atoms with E-state index in [4.69, 9.17) is 4.74 Å². The quantitative estimate of drug-likeness (QED) is 0.495. The highest BCUT2D eigenvalue weighted by Gasteiger charge is 2.21. The zero-order chi connectivity index (χ0) is 13.6. The van der Waals surface area contributed by atoms with Crippen molar-refractivity contribution in [3.8, 4) is 0 Å². The van der Waals surface area contributed by atoms with Gasteiger partial charge in [-0.05, 0) is 37.0 Å². The predicted octanol–water partition coefficient (Wildman–Crippen LogP) is 4.06. The van der Waals surface area contributed by atoms with Crippen LogP contribution in [0.1, 0.15) is 48.0 Å². The van der Waals surface area contributed by atoms with Crippen LogP contribution in [0.25, 0.3) is 0 Å². The molecule has 0 rings (SSSR count). The van der Waals surface area contributed by atoms with Crippen molar-refractivity contribution in [3.05, 3.63) is 12.2 Å². The molecule has 0 radical (unpaired) electrons. The summed E-state index contributed by atoms with van der Waals surface area (Å²) in [6.07, 6.45) is 0.928. The summed E-state index contributed by atoms with van der Waals surface area (Å²) in [5, 5.41) is 0. The molecule has 0 bridgehead atoms. The van der Waals surface area contributed by atoms with Gasteiger partial charge in [-0.1, -0.05) is 41.2 Å². The normalized spacial score (nSPS) is 16.4. The van der Waals surface area contributed by atoms with Crippen LogP contribution in [0.15, 0.2) is 12.2 Å². The summed E-state index contributed by atoms with van der Waals surface area (Å²) in [7, 11) is 0. The van der Waals surface area contributed by atoms with E-state index in [-0.39, 0.29) is 5.97 Å². The fraction of sp³-hybridized carbons (Fsp3) is 0.800. The lowest BCUT2D eigenvalue weighted by Gasteiger charge is -2.28. The number of hydrogen-bond donors (Lipinski definition) is 0. The molecule has 0 saturated carbocycles. The molecule has 0 fully saturated rings. The SMILES string of the molecule is C=C(C)C(=O)OCCC(C)C(C)C(C)C(C)C. The number of carbonyl (C=O) groups excluding carboxylic acids is 1. The lowest BCUT2D eigenvalue weighted by molar-refractivity contribution is -0.139. The Balaban J connectivity index is 3.97. The van der Waals surface area contributed by atoms with Gasteiger partial charge in [0, 0.05) is 5.57 Å². The fourth-order valence-electron chi connectivity index (χ4n) is 1.85. The first kappa shape index (κ1) is 16.2. The van der Waals surface area contributed by atoms with Crippen molar-refractivity contribution < 1.29 is 9.53 Å². The summed E-state index contributed by atoms with van der Waals surface area (Å²) >= 11 is 0. The van der Waals surface area contributed by atoms with Gasteiger partial charge >= 0.3 is 5.97 Å². The van der Waals surface area contributed by atoms with Crippen molar-refractivity contribution in [2.75, 3.05) is 6.61 Å². The molecule has 0 N–H and O–H groups in total. The van der Waals surface area contributed by atoms with Crippen molar-refractivity contribution in [1.29, 1.82) is 0 Å². The van der Waals surface area contributed by atoms with Crippen LogP contribution in [0.2, 0.25) is 0 Å². The Morgan fingerprint density at radius 3 is 2.06 bits per heavy atom. The van der Waals surface area contributed by atoms with Crippen molar-refractivity contribution in [1.82, 2.24) is 0 Å². The lowest BCUT2D eigenvalue weighted by atomic mass is 9.78. The summed E-state index contributed by atoms with van der Waals surface area (Å²) in [6, 6.07) is 0. The van der Waals surface area contributed by atoms with Gasteiger partial charge in [0.15, 0.2) is 0 Å². The van der Waals surface area contributed by atoms with Gasteiger partial charge in [-0.3, -0.25) is 0 Å².